The Morgan fingerprint density at radius 3 is 2.29 bits per heavy atom. The molecular formula is C6H13Mo. The summed E-state index contributed by atoms with van der Waals surface area (Å²) in [6, 6.07) is 0. The summed E-state index contributed by atoms with van der Waals surface area (Å²) < 4.78 is 0. The number of hydrogen-bond donors (Lipinski definition) is 0. The molecule has 0 nitrogen and oxygen atoms in total. The van der Waals surface area contributed by atoms with E-state index in [0.717, 1.165) is 0 Å². The number of rotatable bonds is 4. The predicted octanol–water partition coefficient (Wildman–Crippen LogP) is 2.53. The second-order valence-electron chi connectivity index (χ2n) is 1.76. The molecule has 0 radical (unpaired) electrons. The number of hydrogen-bond acceptors (Lipinski definition) is 0. The van der Waals surface area contributed by atoms with Gasteiger partial charge in [0.05, 0.1) is 0 Å². The molecule has 0 unspecified atom stereocenters. The van der Waals surface area contributed by atoms with Crippen LogP contribution in [0.5, 0.6) is 0 Å². The fourth-order valence-electron chi connectivity index (χ4n) is 0.529. The first-order valence-electron chi connectivity index (χ1n) is 3.00. The fourth-order valence-corrected chi connectivity index (χ4v) is 1.03. The van der Waals surface area contributed by atoms with Crippen molar-refractivity contribution in [3.05, 3.63) is 0 Å². The standard InChI is InChI=1S/C6H13.Mo/c1-3-5-6-4-2;/h1,3-6H2,2H3;. The quantitative estimate of drug-likeness (QED) is 0.461. The Kier molecular flexibility index (Phi) is 7.35. The Balaban J connectivity index is 2.45. The van der Waals surface area contributed by atoms with Gasteiger partial charge in [-0.2, -0.15) is 0 Å². The maximum atomic E-state index is 2.25. The van der Waals surface area contributed by atoms with Gasteiger partial charge in [0.2, 0.25) is 0 Å². The van der Waals surface area contributed by atoms with Crippen molar-refractivity contribution in [2.75, 3.05) is 0 Å². The number of unbranched alkanes of at least 4 members (excludes halogenated alkanes) is 3. The molecule has 0 rings (SSSR count). The monoisotopic (exact) mass is 183 g/mol. The van der Waals surface area contributed by atoms with Crippen LogP contribution >= 0.6 is 0 Å². The zero-order valence-electron chi connectivity index (χ0n) is 4.94. The van der Waals surface area contributed by atoms with Crippen molar-refractivity contribution in [1.29, 1.82) is 0 Å². The van der Waals surface area contributed by atoms with Crippen molar-refractivity contribution in [1.82, 2.24) is 0 Å². The molecule has 0 heterocycles. The topological polar surface area (TPSA) is 0 Å². The zero-order valence-corrected chi connectivity index (χ0v) is 6.95. The molecule has 0 N–H and O–H groups in total. The summed E-state index contributed by atoms with van der Waals surface area (Å²) in [6.45, 7) is 2.25. The van der Waals surface area contributed by atoms with E-state index in [1.807, 2.05) is 0 Å². The molecule has 0 aliphatic carbocycles. The minimum atomic E-state index is 1.36. The van der Waals surface area contributed by atoms with E-state index >= 15 is 0 Å². The molecule has 43 valence electrons. The molecule has 7 heavy (non-hydrogen) atoms. The van der Waals surface area contributed by atoms with E-state index in [1.165, 1.54) is 30.5 Å². The van der Waals surface area contributed by atoms with Gasteiger partial charge in [-0.25, -0.2) is 0 Å². The molecule has 0 bridgehead atoms. The summed E-state index contributed by atoms with van der Waals surface area (Å²) in [5.41, 5.74) is 0. The van der Waals surface area contributed by atoms with Crippen LogP contribution in [0.3, 0.4) is 0 Å². The molecule has 0 aromatic carbocycles. The summed E-state index contributed by atoms with van der Waals surface area (Å²) in [7, 11) is 0. The van der Waals surface area contributed by atoms with Gasteiger partial charge in [-0.05, 0) is 0 Å². The molecule has 1 heteroatoms. The van der Waals surface area contributed by atoms with E-state index < -0.39 is 0 Å². The Morgan fingerprint density at radius 1 is 1.14 bits per heavy atom. The van der Waals surface area contributed by atoms with E-state index in [1.54, 1.807) is 0 Å². The van der Waals surface area contributed by atoms with Crippen molar-refractivity contribution in [3.63, 3.8) is 0 Å². The van der Waals surface area contributed by atoms with Crippen molar-refractivity contribution in [3.8, 4) is 0 Å². The van der Waals surface area contributed by atoms with Crippen molar-refractivity contribution in [2.24, 2.45) is 0 Å². The fraction of sp³-hybridized carbons (Fsp3) is 1.00. The Labute approximate surface area is 57.6 Å². The average molecular weight is 181 g/mol. The van der Waals surface area contributed by atoms with E-state index in [4.69, 9.17) is 0 Å². The van der Waals surface area contributed by atoms with Crippen molar-refractivity contribution >= 4 is 0 Å². The third-order valence-corrected chi connectivity index (χ3v) is 1.71. The van der Waals surface area contributed by atoms with Crippen LogP contribution < -0.4 is 0 Å². The van der Waals surface area contributed by atoms with Gasteiger partial charge in [-0.15, -0.1) is 0 Å². The molecular weight excluding hydrogens is 168 g/mol. The van der Waals surface area contributed by atoms with Gasteiger partial charge < -0.3 is 0 Å². The third kappa shape index (κ3) is 6.69. The van der Waals surface area contributed by atoms with Gasteiger partial charge in [0.25, 0.3) is 0 Å². The first kappa shape index (κ1) is 7.69. The molecule has 0 spiro atoms. The molecule has 0 aliphatic rings. The Morgan fingerprint density at radius 2 is 1.86 bits per heavy atom. The summed E-state index contributed by atoms with van der Waals surface area (Å²) in [5, 5.41) is 0. The van der Waals surface area contributed by atoms with Gasteiger partial charge in [0.1, 0.15) is 0 Å². The molecule has 0 saturated heterocycles. The van der Waals surface area contributed by atoms with Crippen LogP contribution in [-0.2, 0) is 19.8 Å². The molecule has 0 aromatic heterocycles. The first-order chi connectivity index (χ1) is 3.41. The molecule has 0 atom stereocenters. The Bertz CT molecular complexity index is 23.4. The van der Waals surface area contributed by atoms with Crippen molar-refractivity contribution in [2.45, 2.75) is 37.4 Å². The van der Waals surface area contributed by atoms with Gasteiger partial charge >= 0.3 is 57.2 Å². The zero-order chi connectivity index (χ0) is 5.54. The van der Waals surface area contributed by atoms with Crippen LogP contribution in [0, 0.1) is 0 Å². The van der Waals surface area contributed by atoms with Crippen LogP contribution in [0.15, 0.2) is 0 Å². The van der Waals surface area contributed by atoms with Crippen molar-refractivity contribution < 1.29 is 19.8 Å². The van der Waals surface area contributed by atoms with Gasteiger partial charge in [0.15, 0.2) is 0 Å². The van der Waals surface area contributed by atoms with Crippen LogP contribution in [0.4, 0.5) is 0 Å². The SMILES string of the molecule is CCCCC[CH2][Mo]. The van der Waals surface area contributed by atoms with Crippen LogP contribution in [0.1, 0.15) is 32.6 Å². The van der Waals surface area contributed by atoms with Gasteiger partial charge in [-0.3, -0.25) is 0 Å². The van der Waals surface area contributed by atoms with Gasteiger partial charge in [0, 0.05) is 0 Å². The van der Waals surface area contributed by atoms with E-state index in [0.29, 0.717) is 0 Å². The summed E-state index contributed by atoms with van der Waals surface area (Å²) in [4.78, 5) is 1.37. The molecule has 0 fully saturated rings. The summed E-state index contributed by atoms with van der Waals surface area (Å²) >= 11 is 2.19. The first-order valence-corrected chi connectivity index (χ1v) is 4.41. The van der Waals surface area contributed by atoms with Crippen LogP contribution in [0.25, 0.3) is 0 Å². The second-order valence-corrected chi connectivity index (χ2v) is 2.77. The third-order valence-electron chi connectivity index (χ3n) is 0.998. The van der Waals surface area contributed by atoms with Crippen LogP contribution in [-0.4, -0.2) is 0 Å². The summed E-state index contributed by atoms with van der Waals surface area (Å²) in [5.74, 6) is 0. The predicted molar refractivity (Wildman–Crippen MR) is 28.9 cm³/mol. The van der Waals surface area contributed by atoms with Gasteiger partial charge in [-0.1, -0.05) is 0 Å². The summed E-state index contributed by atoms with van der Waals surface area (Å²) in [6.07, 6.45) is 5.66. The average Bonchev–Trinajstić information content (AvgIpc) is 1.69. The van der Waals surface area contributed by atoms with E-state index in [-0.39, 0.29) is 0 Å². The maximum absolute atomic E-state index is 2.25. The van der Waals surface area contributed by atoms with E-state index in [2.05, 4.69) is 26.7 Å². The molecule has 0 amide bonds. The normalized spacial score (nSPS) is 9.29. The Hall–Kier alpha value is 0.688. The molecule has 0 aromatic rings. The van der Waals surface area contributed by atoms with E-state index in [9.17, 15) is 0 Å². The minimum absolute atomic E-state index is 1.36. The second kappa shape index (κ2) is 6.69. The molecule has 0 aliphatic heterocycles. The van der Waals surface area contributed by atoms with Crippen LogP contribution in [0.2, 0.25) is 4.81 Å². The molecule has 0 saturated carbocycles.